The Bertz CT molecular complexity index is 1450. The number of benzene rings is 2. The van der Waals surface area contributed by atoms with Gasteiger partial charge in [0.25, 0.3) is 10.0 Å². The molecule has 0 saturated carbocycles. The number of para-hydroxylation sites is 1. The van der Waals surface area contributed by atoms with Gasteiger partial charge in [0.15, 0.2) is 5.82 Å². The number of hydrogen-bond donors (Lipinski definition) is 3. The molecule has 190 valence electrons. The minimum Gasteiger partial charge on any atom is -0.382 e. The molecule has 2 heterocycles. The van der Waals surface area contributed by atoms with E-state index in [1.165, 1.54) is 12.1 Å². The maximum Gasteiger partial charge on any atom is 0.328 e. The summed E-state index contributed by atoms with van der Waals surface area (Å²) in [7, 11) is -3.92. The number of nitrogens with one attached hydrogen (secondary N) is 2. The number of sulfonamides is 1. The van der Waals surface area contributed by atoms with Crippen LogP contribution in [0.15, 0.2) is 59.5 Å². The van der Waals surface area contributed by atoms with E-state index in [0.717, 1.165) is 41.5 Å². The molecular formula is C25H30N6O4S. The summed E-state index contributed by atoms with van der Waals surface area (Å²) >= 11 is 0. The molecule has 4 rings (SSSR count). The quantitative estimate of drug-likeness (QED) is 0.263. The molecule has 2 amide bonds. The summed E-state index contributed by atoms with van der Waals surface area (Å²) in [5, 5.41) is 3.49. The summed E-state index contributed by atoms with van der Waals surface area (Å²) in [6.07, 6.45) is 2.86. The zero-order chi connectivity index (χ0) is 25.5. The van der Waals surface area contributed by atoms with E-state index >= 15 is 0 Å². The molecule has 11 heteroatoms. The molecule has 0 radical (unpaired) electrons. The predicted octanol–water partition coefficient (Wildman–Crippen LogP) is 3.21. The van der Waals surface area contributed by atoms with Crippen LogP contribution in [-0.2, 0) is 27.7 Å². The van der Waals surface area contributed by atoms with Gasteiger partial charge in [-0.05, 0) is 24.6 Å². The Labute approximate surface area is 209 Å². The van der Waals surface area contributed by atoms with Crippen molar-refractivity contribution < 1.29 is 17.9 Å². The highest BCUT2D eigenvalue weighted by Crippen LogP contribution is 2.29. The average molecular weight is 511 g/mol. The number of ether oxygens (including phenoxy) is 1. The lowest BCUT2D eigenvalue weighted by Crippen LogP contribution is -2.40. The number of amides is 2. The van der Waals surface area contributed by atoms with Crippen molar-refractivity contribution in [2.75, 3.05) is 25.5 Å². The van der Waals surface area contributed by atoms with Crippen LogP contribution in [-0.4, -0.2) is 48.7 Å². The smallest absolute Gasteiger partial charge is 0.328 e. The van der Waals surface area contributed by atoms with Gasteiger partial charge in [-0.15, -0.1) is 0 Å². The second-order valence-corrected chi connectivity index (χ2v) is 9.96. The standard InChI is InChI=1S/C25H30N6O4S/c1-2-3-13-21-29-22-23(19-11-7-8-12-20(19)28-24(22)26)31(21)15-17-35-16-14-27-25(32)30-36(33,34)18-9-5-4-6-10-18/h4-12H,2-3,13-17H2,1H3,(H2,26,28)(H2,27,30,32). The summed E-state index contributed by atoms with van der Waals surface area (Å²) in [5.41, 5.74) is 8.68. The van der Waals surface area contributed by atoms with Gasteiger partial charge in [-0.1, -0.05) is 49.7 Å². The van der Waals surface area contributed by atoms with E-state index in [0.29, 0.717) is 24.5 Å². The van der Waals surface area contributed by atoms with Gasteiger partial charge >= 0.3 is 6.03 Å². The van der Waals surface area contributed by atoms with Gasteiger partial charge in [0.1, 0.15) is 11.3 Å². The molecule has 4 N–H and O–H groups in total. The first-order chi connectivity index (χ1) is 17.4. The van der Waals surface area contributed by atoms with Crippen molar-refractivity contribution in [2.24, 2.45) is 0 Å². The number of carbonyl (C=O) groups is 1. The Morgan fingerprint density at radius 3 is 2.58 bits per heavy atom. The molecule has 0 spiro atoms. The third-order valence-corrected chi connectivity index (χ3v) is 7.06. The molecule has 0 saturated heterocycles. The number of urea groups is 1. The Balaban J connectivity index is 1.36. The van der Waals surface area contributed by atoms with Crippen LogP contribution in [0.5, 0.6) is 0 Å². The van der Waals surface area contributed by atoms with E-state index < -0.39 is 16.1 Å². The van der Waals surface area contributed by atoms with Crippen LogP contribution in [0.3, 0.4) is 0 Å². The molecule has 0 unspecified atom stereocenters. The molecule has 0 atom stereocenters. The van der Waals surface area contributed by atoms with Crippen molar-refractivity contribution in [3.8, 4) is 0 Å². The van der Waals surface area contributed by atoms with Crippen LogP contribution in [0.25, 0.3) is 21.9 Å². The van der Waals surface area contributed by atoms with Crippen LogP contribution in [0.2, 0.25) is 0 Å². The highest BCUT2D eigenvalue weighted by Gasteiger charge is 2.18. The van der Waals surface area contributed by atoms with Crippen LogP contribution in [0.4, 0.5) is 10.6 Å². The lowest BCUT2D eigenvalue weighted by Gasteiger charge is -2.12. The average Bonchev–Trinajstić information content (AvgIpc) is 3.24. The molecule has 2 aromatic heterocycles. The number of aromatic nitrogens is 3. The van der Waals surface area contributed by atoms with Crippen molar-refractivity contribution in [1.29, 1.82) is 0 Å². The Kier molecular flexibility index (Phi) is 8.01. The molecule has 36 heavy (non-hydrogen) atoms. The second kappa shape index (κ2) is 11.4. The zero-order valence-electron chi connectivity index (χ0n) is 20.1. The number of anilines is 1. The summed E-state index contributed by atoms with van der Waals surface area (Å²) in [6, 6.07) is 14.7. The number of imidazole rings is 1. The molecular weight excluding hydrogens is 480 g/mol. The van der Waals surface area contributed by atoms with Gasteiger partial charge in [0.2, 0.25) is 0 Å². The Hall–Kier alpha value is -3.70. The minimum atomic E-state index is -3.92. The van der Waals surface area contributed by atoms with Gasteiger partial charge < -0.3 is 20.4 Å². The Morgan fingerprint density at radius 2 is 1.81 bits per heavy atom. The second-order valence-electron chi connectivity index (χ2n) is 8.28. The van der Waals surface area contributed by atoms with E-state index in [2.05, 4.69) is 21.8 Å². The van der Waals surface area contributed by atoms with Crippen molar-refractivity contribution >= 4 is 43.8 Å². The number of fused-ring (bicyclic) bond motifs is 3. The largest absolute Gasteiger partial charge is 0.382 e. The maximum absolute atomic E-state index is 12.2. The first-order valence-corrected chi connectivity index (χ1v) is 13.4. The van der Waals surface area contributed by atoms with E-state index in [4.69, 9.17) is 15.5 Å². The number of unbranched alkanes of at least 4 members (excludes halogenated alkanes) is 1. The van der Waals surface area contributed by atoms with Crippen LogP contribution in [0.1, 0.15) is 25.6 Å². The predicted molar refractivity (Wildman–Crippen MR) is 139 cm³/mol. The summed E-state index contributed by atoms with van der Waals surface area (Å²) in [6.45, 7) is 3.45. The summed E-state index contributed by atoms with van der Waals surface area (Å²) in [4.78, 5) is 21.3. The number of nitrogen functional groups attached to an aromatic ring is 1. The lowest BCUT2D eigenvalue weighted by molar-refractivity contribution is 0.129. The van der Waals surface area contributed by atoms with Gasteiger partial charge in [0, 0.05) is 24.9 Å². The zero-order valence-corrected chi connectivity index (χ0v) is 20.9. The van der Waals surface area contributed by atoms with E-state index in [9.17, 15) is 13.2 Å². The van der Waals surface area contributed by atoms with Crippen molar-refractivity contribution in [2.45, 2.75) is 37.6 Å². The maximum atomic E-state index is 12.2. The SMILES string of the molecule is CCCCc1nc2c(N)nc3ccccc3c2n1CCOCCNC(=O)NS(=O)(=O)c1ccccc1. The number of rotatable bonds is 11. The van der Waals surface area contributed by atoms with Gasteiger partial charge in [-0.2, -0.15) is 0 Å². The third-order valence-electron chi connectivity index (χ3n) is 5.72. The first kappa shape index (κ1) is 25.4. The highest BCUT2D eigenvalue weighted by atomic mass is 32.2. The van der Waals surface area contributed by atoms with Gasteiger partial charge in [-0.25, -0.2) is 27.9 Å². The molecule has 0 bridgehead atoms. The van der Waals surface area contributed by atoms with Crippen molar-refractivity contribution in [3.05, 3.63) is 60.4 Å². The van der Waals surface area contributed by atoms with Gasteiger partial charge in [-0.3, -0.25) is 0 Å². The number of pyridine rings is 1. The van der Waals surface area contributed by atoms with E-state index in [1.54, 1.807) is 18.2 Å². The number of nitrogens with two attached hydrogens (primary N) is 1. The normalized spacial score (nSPS) is 11.7. The molecule has 4 aromatic rings. The number of hydrogen-bond acceptors (Lipinski definition) is 7. The fourth-order valence-electron chi connectivity index (χ4n) is 3.98. The summed E-state index contributed by atoms with van der Waals surface area (Å²) < 4.78 is 34.3. The molecule has 2 aromatic carbocycles. The third kappa shape index (κ3) is 5.74. The Morgan fingerprint density at radius 1 is 1.06 bits per heavy atom. The molecule has 0 aliphatic rings. The molecule has 0 aliphatic heterocycles. The van der Waals surface area contributed by atoms with E-state index in [1.807, 2.05) is 29.0 Å². The number of aryl methyl sites for hydroxylation is 1. The van der Waals surface area contributed by atoms with Crippen LogP contribution >= 0.6 is 0 Å². The van der Waals surface area contributed by atoms with Crippen LogP contribution in [0, 0.1) is 0 Å². The van der Waals surface area contributed by atoms with Crippen LogP contribution < -0.4 is 15.8 Å². The van der Waals surface area contributed by atoms with E-state index in [-0.39, 0.29) is 18.0 Å². The fraction of sp³-hybridized carbons (Fsp3) is 0.320. The monoisotopic (exact) mass is 510 g/mol. The summed E-state index contributed by atoms with van der Waals surface area (Å²) in [5.74, 6) is 1.34. The van der Waals surface area contributed by atoms with Crippen molar-refractivity contribution in [1.82, 2.24) is 24.6 Å². The highest BCUT2D eigenvalue weighted by molar-refractivity contribution is 7.90. The van der Waals surface area contributed by atoms with Gasteiger partial charge in [0.05, 0.1) is 29.1 Å². The lowest BCUT2D eigenvalue weighted by atomic mass is 10.2. The first-order valence-electron chi connectivity index (χ1n) is 11.9. The number of carbonyl (C=O) groups excluding carboxylic acids is 1. The number of nitrogens with zero attached hydrogens (tertiary/aromatic N) is 3. The van der Waals surface area contributed by atoms with Crippen molar-refractivity contribution in [3.63, 3.8) is 0 Å². The topological polar surface area (TPSA) is 141 Å². The molecule has 0 aliphatic carbocycles. The molecule has 10 nitrogen and oxygen atoms in total. The molecule has 0 fully saturated rings. The fourth-order valence-corrected chi connectivity index (χ4v) is 4.93. The minimum absolute atomic E-state index is 0.0196.